The van der Waals surface area contributed by atoms with Gasteiger partial charge in [0.05, 0.1) is 12.4 Å². The van der Waals surface area contributed by atoms with Gasteiger partial charge in [0.25, 0.3) is 0 Å². The molecular formula is C21H21N5O2S. The monoisotopic (exact) mass is 407 g/mol. The van der Waals surface area contributed by atoms with E-state index in [2.05, 4.69) is 20.3 Å². The molecule has 1 atom stereocenters. The number of benzene rings is 2. The first kappa shape index (κ1) is 19.2. The van der Waals surface area contributed by atoms with E-state index in [1.54, 1.807) is 7.11 Å². The molecule has 0 bridgehead atoms. The van der Waals surface area contributed by atoms with E-state index >= 15 is 0 Å². The number of aryl methyl sites for hydroxylation is 1. The lowest BCUT2D eigenvalue weighted by atomic mass is 10.2. The Balaban J connectivity index is 1.72. The van der Waals surface area contributed by atoms with Crippen molar-refractivity contribution in [1.82, 2.24) is 24.9 Å². The lowest BCUT2D eigenvalue weighted by Gasteiger charge is -2.12. The van der Waals surface area contributed by atoms with Crippen molar-refractivity contribution < 1.29 is 9.26 Å². The van der Waals surface area contributed by atoms with E-state index in [9.17, 15) is 0 Å². The van der Waals surface area contributed by atoms with Crippen LogP contribution >= 0.6 is 11.8 Å². The molecular weight excluding hydrogens is 386 g/mol. The molecule has 1 unspecified atom stereocenters. The molecule has 8 heteroatoms. The summed E-state index contributed by atoms with van der Waals surface area (Å²) in [5, 5.41) is 13.6. The zero-order chi connectivity index (χ0) is 20.2. The third-order valence-electron chi connectivity index (χ3n) is 4.43. The van der Waals surface area contributed by atoms with Gasteiger partial charge >= 0.3 is 0 Å². The predicted octanol–water partition coefficient (Wildman–Crippen LogP) is 4.74. The normalized spacial score (nSPS) is 12.1. The van der Waals surface area contributed by atoms with Crippen LogP contribution in [-0.4, -0.2) is 32.0 Å². The van der Waals surface area contributed by atoms with E-state index in [-0.39, 0.29) is 5.25 Å². The molecule has 0 aliphatic rings. The first-order valence-electron chi connectivity index (χ1n) is 9.34. The second-order valence-electron chi connectivity index (χ2n) is 6.37. The van der Waals surface area contributed by atoms with Gasteiger partial charge in [0, 0.05) is 17.7 Å². The molecule has 2 aromatic heterocycles. The fraction of sp³-hybridized carbons (Fsp3) is 0.238. The number of hydrogen-bond donors (Lipinski definition) is 0. The fourth-order valence-electron chi connectivity index (χ4n) is 2.87. The highest BCUT2D eigenvalue weighted by molar-refractivity contribution is 7.99. The SMILES string of the molecule is CCc1noc(C(C)Sc2nnc(-c3ccc(OC)cc3)n2-c2ccccc2)n1. The number of hydrogen-bond acceptors (Lipinski definition) is 7. The molecule has 0 aliphatic carbocycles. The van der Waals surface area contributed by atoms with Gasteiger partial charge in [-0.1, -0.05) is 42.0 Å². The Bertz CT molecular complexity index is 1080. The lowest BCUT2D eigenvalue weighted by Crippen LogP contribution is -2.01. The fourth-order valence-corrected chi connectivity index (χ4v) is 3.77. The van der Waals surface area contributed by atoms with Gasteiger partial charge in [0.2, 0.25) is 5.89 Å². The second-order valence-corrected chi connectivity index (χ2v) is 7.68. The summed E-state index contributed by atoms with van der Waals surface area (Å²) in [5.41, 5.74) is 1.94. The van der Waals surface area contributed by atoms with Gasteiger partial charge in [-0.2, -0.15) is 4.98 Å². The quantitative estimate of drug-likeness (QED) is 0.409. The summed E-state index contributed by atoms with van der Waals surface area (Å²) in [4.78, 5) is 4.44. The van der Waals surface area contributed by atoms with Crippen molar-refractivity contribution in [2.75, 3.05) is 7.11 Å². The van der Waals surface area contributed by atoms with Gasteiger partial charge in [0.15, 0.2) is 16.8 Å². The molecule has 0 fully saturated rings. The van der Waals surface area contributed by atoms with Crippen molar-refractivity contribution in [2.45, 2.75) is 30.7 Å². The molecule has 4 aromatic rings. The van der Waals surface area contributed by atoms with Crippen LogP contribution in [0.4, 0.5) is 0 Å². The Morgan fingerprint density at radius 2 is 1.83 bits per heavy atom. The lowest BCUT2D eigenvalue weighted by molar-refractivity contribution is 0.375. The van der Waals surface area contributed by atoms with E-state index in [1.165, 1.54) is 11.8 Å². The molecule has 0 saturated carbocycles. The molecule has 2 heterocycles. The Morgan fingerprint density at radius 3 is 2.48 bits per heavy atom. The van der Waals surface area contributed by atoms with Gasteiger partial charge in [0.1, 0.15) is 5.75 Å². The number of thioether (sulfide) groups is 1. The number of rotatable bonds is 7. The molecule has 0 N–H and O–H groups in total. The number of aromatic nitrogens is 5. The van der Waals surface area contributed by atoms with Gasteiger partial charge in [-0.15, -0.1) is 10.2 Å². The maximum atomic E-state index is 5.40. The maximum Gasteiger partial charge on any atom is 0.239 e. The smallest absolute Gasteiger partial charge is 0.239 e. The molecule has 0 saturated heterocycles. The summed E-state index contributed by atoms with van der Waals surface area (Å²) in [6, 6.07) is 17.8. The first-order valence-corrected chi connectivity index (χ1v) is 10.2. The van der Waals surface area contributed by atoms with Crippen molar-refractivity contribution in [3.63, 3.8) is 0 Å². The van der Waals surface area contributed by atoms with E-state index in [1.807, 2.05) is 73.0 Å². The zero-order valence-corrected chi connectivity index (χ0v) is 17.3. The molecule has 148 valence electrons. The van der Waals surface area contributed by atoms with Crippen LogP contribution in [0.1, 0.15) is 30.8 Å². The van der Waals surface area contributed by atoms with E-state index in [0.717, 1.165) is 34.4 Å². The Morgan fingerprint density at radius 1 is 1.07 bits per heavy atom. The molecule has 0 amide bonds. The van der Waals surface area contributed by atoms with Crippen molar-refractivity contribution in [2.24, 2.45) is 0 Å². The third kappa shape index (κ3) is 4.02. The average Bonchev–Trinajstić information content (AvgIpc) is 3.42. The number of methoxy groups -OCH3 is 1. The Labute approximate surface area is 173 Å². The highest BCUT2D eigenvalue weighted by Gasteiger charge is 2.22. The number of para-hydroxylation sites is 1. The average molecular weight is 407 g/mol. The van der Waals surface area contributed by atoms with Crippen LogP contribution in [0.5, 0.6) is 5.75 Å². The minimum Gasteiger partial charge on any atom is -0.497 e. The topological polar surface area (TPSA) is 78.9 Å². The third-order valence-corrected chi connectivity index (χ3v) is 5.46. The Kier molecular flexibility index (Phi) is 5.62. The predicted molar refractivity (Wildman–Crippen MR) is 111 cm³/mol. The Hall–Kier alpha value is -3.13. The molecule has 0 spiro atoms. The summed E-state index contributed by atoms with van der Waals surface area (Å²) < 4.78 is 12.7. The summed E-state index contributed by atoms with van der Waals surface area (Å²) >= 11 is 1.53. The second kappa shape index (κ2) is 8.48. The molecule has 0 radical (unpaired) electrons. The molecule has 0 aliphatic heterocycles. The van der Waals surface area contributed by atoms with Gasteiger partial charge < -0.3 is 9.26 Å². The van der Waals surface area contributed by atoms with Gasteiger partial charge in [-0.05, 0) is 43.3 Å². The van der Waals surface area contributed by atoms with Crippen molar-refractivity contribution in [1.29, 1.82) is 0 Å². The van der Waals surface area contributed by atoms with Crippen molar-refractivity contribution >= 4 is 11.8 Å². The molecule has 2 aromatic carbocycles. The van der Waals surface area contributed by atoms with Crippen LogP contribution in [0.3, 0.4) is 0 Å². The standard InChI is InChI=1S/C21H21N5O2S/c1-4-18-22-20(28-25-18)14(2)29-21-24-23-19(15-10-12-17(27-3)13-11-15)26(21)16-8-6-5-7-9-16/h5-14H,4H2,1-3H3. The largest absolute Gasteiger partial charge is 0.497 e. The number of ether oxygens (including phenoxy) is 1. The van der Waals surface area contributed by atoms with Crippen LogP contribution in [0, 0.1) is 0 Å². The summed E-state index contributed by atoms with van der Waals surface area (Å²) in [6.45, 7) is 4.02. The maximum absolute atomic E-state index is 5.40. The van der Waals surface area contributed by atoms with Crippen LogP contribution in [-0.2, 0) is 6.42 Å². The van der Waals surface area contributed by atoms with E-state index in [4.69, 9.17) is 9.26 Å². The first-order chi connectivity index (χ1) is 14.2. The minimum absolute atomic E-state index is 0.0572. The summed E-state index contributed by atoms with van der Waals surface area (Å²) in [7, 11) is 1.65. The summed E-state index contributed by atoms with van der Waals surface area (Å²) in [6.07, 6.45) is 0.739. The minimum atomic E-state index is -0.0572. The van der Waals surface area contributed by atoms with Crippen LogP contribution in [0.15, 0.2) is 64.3 Å². The highest BCUT2D eigenvalue weighted by atomic mass is 32.2. The van der Waals surface area contributed by atoms with Crippen LogP contribution < -0.4 is 4.74 Å². The number of nitrogens with zero attached hydrogens (tertiary/aromatic N) is 5. The van der Waals surface area contributed by atoms with E-state index < -0.39 is 0 Å². The van der Waals surface area contributed by atoms with Gasteiger partial charge in [-0.3, -0.25) is 4.57 Å². The summed E-state index contributed by atoms with van der Waals surface area (Å²) in [5.74, 6) is 2.84. The highest BCUT2D eigenvalue weighted by Crippen LogP contribution is 2.36. The van der Waals surface area contributed by atoms with Crippen LogP contribution in [0.2, 0.25) is 0 Å². The van der Waals surface area contributed by atoms with Crippen LogP contribution in [0.25, 0.3) is 17.1 Å². The van der Waals surface area contributed by atoms with E-state index in [0.29, 0.717) is 11.7 Å². The van der Waals surface area contributed by atoms with Crippen molar-refractivity contribution in [3.05, 3.63) is 66.3 Å². The van der Waals surface area contributed by atoms with Gasteiger partial charge in [-0.25, -0.2) is 0 Å². The van der Waals surface area contributed by atoms with Crippen molar-refractivity contribution in [3.8, 4) is 22.8 Å². The molecule has 7 nitrogen and oxygen atoms in total. The molecule has 4 rings (SSSR count). The zero-order valence-electron chi connectivity index (χ0n) is 16.4. The molecule has 29 heavy (non-hydrogen) atoms.